The average Bonchev–Trinajstić information content (AvgIpc) is 2.47. The number of anilines is 1. The number of rotatable bonds is 3. The highest BCUT2D eigenvalue weighted by Crippen LogP contribution is 2.39. The third-order valence-corrected chi connectivity index (χ3v) is 5.14. The largest absolute Gasteiger partial charge is 0.366 e. The first-order chi connectivity index (χ1) is 10.2. The molecule has 1 unspecified atom stereocenters. The highest BCUT2D eigenvalue weighted by molar-refractivity contribution is 5.56. The first-order valence-corrected chi connectivity index (χ1v) is 8.46. The molecule has 3 heteroatoms. The van der Waals surface area contributed by atoms with E-state index in [1.54, 1.807) is 6.07 Å². The van der Waals surface area contributed by atoms with Crippen molar-refractivity contribution in [2.75, 3.05) is 11.4 Å². The van der Waals surface area contributed by atoms with E-state index in [1.807, 2.05) is 19.1 Å². The number of benzene rings is 1. The maximum atomic E-state index is 14.6. The van der Waals surface area contributed by atoms with Crippen LogP contribution in [-0.2, 0) is 6.42 Å². The summed E-state index contributed by atoms with van der Waals surface area (Å²) in [6.45, 7) is 2.99. The van der Waals surface area contributed by atoms with Gasteiger partial charge in [0.2, 0.25) is 0 Å². The predicted molar refractivity (Wildman–Crippen MR) is 86.1 cm³/mol. The fraction of sp³-hybridized carbons (Fsp3) is 0.667. The Bertz CT molecular complexity index is 484. The minimum absolute atomic E-state index is 0.0671. The summed E-state index contributed by atoms with van der Waals surface area (Å²) < 4.78 is 14.6. The zero-order valence-corrected chi connectivity index (χ0v) is 13.0. The molecule has 0 bridgehead atoms. The predicted octanol–water partition coefficient (Wildman–Crippen LogP) is 3.87. The minimum atomic E-state index is -0.0700. The number of halogens is 1. The van der Waals surface area contributed by atoms with Gasteiger partial charge in [-0.3, -0.25) is 0 Å². The first-order valence-electron chi connectivity index (χ1n) is 8.46. The molecular weight excluding hydrogens is 263 g/mol. The molecule has 1 aromatic rings. The number of hydrogen-bond acceptors (Lipinski definition) is 2. The van der Waals surface area contributed by atoms with E-state index >= 15 is 0 Å². The van der Waals surface area contributed by atoms with Gasteiger partial charge >= 0.3 is 0 Å². The van der Waals surface area contributed by atoms with Gasteiger partial charge in [0.15, 0.2) is 0 Å². The van der Waals surface area contributed by atoms with E-state index in [-0.39, 0.29) is 11.9 Å². The zero-order chi connectivity index (χ0) is 14.8. The fourth-order valence-electron chi connectivity index (χ4n) is 4.30. The van der Waals surface area contributed by atoms with Crippen LogP contribution in [0.15, 0.2) is 18.2 Å². The van der Waals surface area contributed by atoms with Crippen LogP contribution < -0.4 is 10.6 Å². The third-order valence-electron chi connectivity index (χ3n) is 5.14. The van der Waals surface area contributed by atoms with Gasteiger partial charge in [-0.05, 0) is 56.6 Å². The van der Waals surface area contributed by atoms with Crippen molar-refractivity contribution in [1.82, 2.24) is 0 Å². The molecule has 1 saturated heterocycles. The van der Waals surface area contributed by atoms with E-state index < -0.39 is 0 Å². The molecule has 0 amide bonds. The van der Waals surface area contributed by atoms with Crippen molar-refractivity contribution in [1.29, 1.82) is 0 Å². The van der Waals surface area contributed by atoms with Crippen LogP contribution in [0.2, 0.25) is 0 Å². The second-order valence-electron chi connectivity index (χ2n) is 6.88. The van der Waals surface area contributed by atoms with Crippen LogP contribution in [0.1, 0.15) is 51.0 Å². The summed E-state index contributed by atoms with van der Waals surface area (Å²) >= 11 is 0. The van der Waals surface area contributed by atoms with Crippen molar-refractivity contribution >= 4 is 5.69 Å². The Labute approximate surface area is 127 Å². The summed E-state index contributed by atoms with van der Waals surface area (Å²) in [5, 5.41) is 0. The Morgan fingerprint density at radius 1 is 1.24 bits per heavy atom. The molecule has 0 spiro atoms. The molecular formula is C18H27FN2. The molecule has 2 nitrogen and oxygen atoms in total. The normalized spacial score (nSPS) is 27.3. The molecule has 1 heterocycles. The van der Waals surface area contributed by atoms with Gasteiger partial charge in [-0.25, -0.2) is 4.39 Å². The van der Waals surface area contributed by atoms with Crippen LogP contribution in [0.5, 0.6) is 0 Å². The lowest BCUT2D eigenvalue weighted by atomic mass is 9.78. The number of hydrogen-bond donors (Lipinski definition) is 1. The lowest BCUT2D eigenvalue weighted by molar-refractivity contribution is 0.242. The van der Waals surface area contributed by atoms with Crippen molar-refractivity contribution in [3.8, 4) is 0 Å². The van der Waals surface area contributed by atoms with E-state index in [0.717, 1.165) is 30.1 Å². The van der Waals surface area contributed by atoms with Crippen LogP contribution in [-0.4, -0.2) is 18.6 Å². The van der Waals surface area contributed by atoms with Crippen LogP contribution >= 0.6 is 0 Å². The molecule has 3 atom stereocenters. The Morgan fingerprint density at radius 2 is 2.00 bits per heavy atom. The van der Waals surface area contributed by atoms with Crippen molar-refractivity contribution in [2.24, 2.45) is 11.7 Å². The molecule has 1 aliphatic heterocycles. The van der Waals surface area contributed by atoms with Crippen molar-refractivity contribution < 1.29 is 4.39 Å². The van der Waals surface area contributed by atoms with Gasteiger partial charge in [0.1, 0.15) is 5.82 Å². The molecule has 1 saturated carbocycles. The molecule has 0 aromatic heterocycles. The standard InChI is InChI=1S/C18H27FN2/c1-13(20)12-15-7-4-9-16(19)18(15)21-11-5-8-14-6-2-3-10-17(14)21/h4,7,9,13-14,17H,2-3,5-6,8,10-12,20H2,1H3/t13?,14-,17-/m1/s1. The molecule has 0 radical (unpaired) electrons. The summed E-state index contributed by atoms with van der Waals surface area (Å²) in [6.07, 6.45) is 8.43. The van der Waals surface area contributed by atoms with Crippen LogP contribution in [0, 0.1) is 11.7 Å². The SMILES string of the molecule is CC(N)Cc1cccc(F)c1N1CCC[C@H]2CCCC[C@H]21. The molecule has 2 aliphatic rings. The van der Waals surface area contributed by atoms with Crippen molar-refractivity contribution in [3.63, 3.8) is 0 Å². The lowest BCUT2D eigenvalue weighted by Gasteiger charge is -2.46. The van der Waals surface area contributed by atoms with Gasteiger partial charge in [0.05, 0.1) is 5.69 Å². The van der Waals surface area contributed by atoms with E-state index in [0.29, 0.717) is 6.04 Å². The Morgan fingerprint density at radius 3 is 2.81 bits per heavy atom. The zero-order valence-electron chi connectivity index (χ0n) is 13.0. The number of piperidine rings is 1. The molecule has 116 valence electrons. The van der Waals surface area contributed by atoms with E-state index in [1.165, 1.54) is 38.5 Å². The van der Waals surface area contributed by atoms with Crippen LogP contribution in [0.4, 0.5) is 10.1 Å². The van der Waals surface area contributed by atoms with E-state index in [2.05, 4.69) is 4.90 Å². The smallest absolute Gasteiger partial charge is 0.146 e. The number of para-hydroxylation sites is 1. The Hall–Kier alpha value is -1.09. The maximum absolute atomic E-state index is 14.6. The lowest BCUT2D eigenvalue weighted by Crippen LogP contribution is -2.47. The topological polar surface area (TPSA) is 29.3 Å². The highest BCUT2D eigenvalue weighted by atomic mass is 19.1. The summed E-state index contributed by atoms with van der Waals surface area (Å²) in [4.78, 5) is 2.38. The van der Waals surface area contributed by atoms with E-state index in [4.69, 9.17) is 5.73 Å². The maximum Gasteiger partial charge on any atom is 0.146 e. The first kappa shape index (κ1) is 14.8. The van der Waals surface area contributed by atoms with Gasteiger partial charge in [0.25, 0.3) is 0 Å². The summed E-state index contributed by atoms with van der Waals surface area (Å²) in [5.74, 6) is 0.689. The van der Waals surface area contributed by atoms with Gasteiger partial charge < -0.3 is 10.6 Å². The minimum Gasteiger partial charge on any atom is -0.366 e. The van der Waals surface area contributed by atoms with Gasteiger partial charge in [-0.15, -0.1) is 0 Å². The van der Waals surface area contributed by atoms with Crippen molar-refractivity contribution in [3.05, 3.63) is 29.6 Å². The summed E-state index contributed by atoms with van der Waals surface area (Å²) in [7, 11) is 0. The fourth-order valence-corrected chi connectivity index (χ4v) is 4.30. The van der Waals surface area contributed by atoms with E-state index in [9.17, 15) is 4.39 Å². The second-order valence-corrected chi connectivity index (χ2v) is 6.88. The molecule has 3 rings (SSSR count). The molecule has 21 heavy (non-hydrogen) atoms. The molecule has 2 fully saturated rings. The molecule has 1 aromatic carbocycles. The summed E-state index contributed by atoms with van der Waals surface area (Å²) in [6, 6.07) is 6.08. The molecule has 1 aliphatic carbocycles. The average molecular weight is 290 g/mol. The quantitative estimate of drug-likeness (QED) is 0.915. The molecule has 2 N–H and O–H groups in total. The van der Waals surface area contributed by atoms with Gasteiger partial charge in [-0.2, -0.15) is 0 Å². The Balaban J connectivity index is 1.94. The monoisotopic (exact) mass is 290 g/mol. The number of nitrogens with two attached hydrogens (primary N) is 1. The van der Waals surface area contributed by atoms with Crippen LogP contribution in [0.3, 0.4) is 0 Å². The Kier molecular flexibility index (Phi) is 4.48. The van der Waals surface area contributed by atoms with Gasteiger partial charge in [0, 0.05) is 18.6 Å². The third kappa shape index (κ3) is 3.08. The summed E-state index contributed by atoms with van der Waals surface area (Å²) in [5.41, 5.74) is 7.88. The number of nitrogens with zero attached hydrogens (tertiary/aromatic N) is 1. The highest BCUT2D eigenvalue weighted by Gasteiger charge is 2.35. The van der Waals surface area contributed by atoms with Crippen LogP contribution in [0.25, 0.3) is 0 Å². The van der Waals surface area contributed by atoms with Gasteiger partial charge in [-0.1, -0.05) is 25.0 Å². The number of fused-ring (bicyclic) bond motifs is 1. The second kappa shape index (κ2) is 6.35. The van der Waals surface area contributed by atoms with Crippen molar-refractivity contribution in [2.45, 2.75) is 64.0 Å².